The third-order valence-electron chi connectivity index (χ3n) is 4.51. The smallest absolute Gasteiger partial charge is 0.250 e. The normalized spacial score (nSPS) is 18.0. The van der Waals surface area contributed by atoms with Gasteiger partial charge >= 0.3 is 0 Å². The van der Waals surface area contributed by atoms with Gasteiger partial charge in [-0.25, -0.2) is 0 Å². The van der Waals surface area contributed by atoms with Crippen molar-refractivity contribution in [2.75, 3.05) is 32.2 Å². The molecule has 2 heterocycles. The summed E-state index contributed by atoms with van der Waals surface area (Å²) in [4.78, 5) is 29.6. The van der Waals surface area contributed by atoms with Crippen LogP contribution in [-0.4, -0.2) is 59.8 Å². The van der Waals surface area contributed by atoms with E-state index in [1.165, 1.54) is 7.11 Å². The summed E-state index contributed by atoms with van der Waals surface area (Å²) in [6.45, 7) is 0.580. The molecule has 0 spiro atoms. The molecular weight excluding hydrogens is 362 g/mol. The van der Waals surface area contributed by atoms with E-state index in [0.717, 1.165) is 5.56 Å². The summed E-state index contributed by atoms with van der Waals surface area (Å²) in [7, 11) is 1.45. The number of hydrogen-bond donors (Lipinski definition) is 2. The highest BCUT2D eigenvalue weighted by molar-refractivity contribution is 5.91. The quantitative estimate of drug-likeness (QED) is 0.741. The number of morpholine rings is 1. The van der Waals surface area contributed by atoms with E-state index in [1.54, 1.807) is 41.6 Å². The summed E-state index contributed by atoms with van der Waals surface area (Å²) >= 11 is 0. The molecule has 8 heteroatoms. The second-order valence-electron chi connectivity index (χ2n) is 6.51. The number of anilines is 1. The van der Waals surface area contributed by atoms with Gasteiger partial charge in [-0.3, -0.25) is 14.6 Å². The summed E-state index contributed by atoms with van der Waals surface area (Å²) in [6.07, 6.45) is 2.42. The van der Waals surface area contributed by atoms with Crippen LogP contribution in [0.25, 0.3) is 0 Å². The third kappa shape index (κ3) is 4.92. The zero-order valence-electron chi connectivity index (χ0n) is 15.6. The first kappa shape index (κ1) is 19.9. The van der Waals surface area contributed by atoms with Crippen LogP contribution >= 0.6 is 0 Å². The van der Waals surface area contributed by atoms with Crippen LogP contribution in [-0.2, 0) is 25.6 Å². The highest BCUT2D eigenvalue weighted by Crippen LogP contribution is 2.26. The third-order valence-corrected chi connectivity index (χ3v) is 4.51. The van der Waals surface area contributed by atoms with E-state index < -0.39 is 12.1 Å². The number of carbonyl (C=O) groups is 2. The summed E-state index contributed by atoms with van der Waals surface area (Å²) < 4.78 is 10.2. The Balaban J connectivity index is 1.72. The maximum Gasteiger partial charge on any atom is 0.250 e. The number of aromatic nitrogens is 1. The van der Waals surface area contributed by atoms with Crippen LogP contribution in [0.1, 0.15) is 17.2 Å². The Morgan fingerprint density at radius 1 is 1.32 bits per heavy atom. The fraction of sp³-hybridized carbons (Fsp3) is 0.350. The lowest BCUT2D eigenvalue weighted by atomic mass is 9.99. The van der Waals surface area contributed by atoms with E-state index in [4.69, 9.17) is 9.47 Å². The standard InChI is InChI=1S/C20H23N3O5/c1-27-12-18(24)22-16-4-2-15(3-5-16)20(26)17-11-28-13-19(25)23(17)10-14-6-8-21-9-7-14/h2-9,17,20,26H,10-13H2,1H3,(H,22,24). The summed E-state index contributed by atoms with van der Waals surface area (Å²) in [5.41, 5.74) is 2.16. The Labute approximate surface area is 163 Å². The molecule has 148 valence electrons. The molecule has 0 saturated carbocycles. The van der Waals surface area contributed by atoms with Crippen molar-refractivity contribution in [1.82, 2.24) is 9.88 Å². The highest BCUT2D eigenvalue weighted by atomic mass is 16.5. The maximum absolute atomic E-state index is 12.4. The monoisotopic (exact) mass is 385 g/mol. The number of ether oxygens (including phenoxy) is 2. The molecule has 2 atom stereocenters. The van der Waals surface area contributed by atoms with Crippen molar-refractivity contribution in [3.8, 4) is 0 Å². The van der Waals surface area contributed by atoms with Gasteiger partial charge in [-0.1, -0.05) is 12.1 Å². The topological polar surface area (TPSA) is 101 Å². The maximum atomic E-state index is 12.4. The average molecular weight is 385 g/mol. The van der Waals surface area contributed by atoms with Crippen molar-refractivity contribution in [3.63, 3.8) is 0 Å². The predicted molar refractivity (Wildman–Crippen MR) is 101 cm³/mol. The summed E-state index contributed by atoms with van der Waals surface area (Å²) in [5.74, 6) is -0.429. The number of amides is 2. The first-order chi connectivity index (χ1) is 13.6. The molecule has 1 saturated heterocycles. The van der Waals surface area contributed by atoms with Crippen LogP contribution < -0.4 is 5.32 Å². The number of hydrogen-bond acceptors (Lipinski definition) is 6. The second-order valence-corrected chi connectivity index (χ2v) is 6.51. The fourth-order valence-electron chi connectivity index (χ4n) is 3.09. The Hall–Kier alpha value is -2.81. The molecule has 1 aromatic heterocycles. The van der Waals surface area contributed by atoms with Gasteiger partial charge < -0.3 is 24.8 Å². The minimum absolute atomic E-state index is 0.00122. The van der Waals surface area contributed by atoms with Crippen molar-refractivity contribution in [3.05, 3.63) is 59.9 Å². The van der Waals surface area contributed by atoms with Crippen LogP contribution in [0.15, 0.2) is 48.8 Å². The van der Waals surface area contributed by atoms with Crippen molar-refractivity contribution in [1.29, 1.82) is 0 Å². The van der Waals surface area contributed by atoms with Gasteiger partial charge in [-0.15, -0.1) is 0 Å². The van der Waals surface area contributed by atoms with Gasteiger partial charge in [-0.2, -0.15) is 0 Å². The number of benzene rings is 1. The lowest BCUT2D eigenvalue weighted by Gasteiger charge is -2.38. The summed E-state index contributed by atoms with van der Waals surface area (Å²) in [5, 5.41) is 13.6. The lowest BCUT2D eigenvalue weighted by Crippen LogP contribution is -2.51. The zero-order valence-corrected chi connectivity index (χ0v) is 15.6. The van der Waals surface area contributed by atoms with E-state index in [1.807, 2.05) is 12.1 Å². The molecular formula is C20H23N3O5. The molecule has 8 nitrogen and oxygen atoms in total. The first-order valence-electron chi connectivity index (χ1n) is 8.91. The van der Waals surface area contributed by atoms with E-state index in [0.29, 0.717) is 17.8 Å². The number of aliphatic hydroxyl groups is 1. The fourth-order valence-corrected chi connectivity index (χ4v) is 3.09. The van der Waals surface area contributed by atoms with E-state index in [-0.39, 0.29) is 31.6 Å². The molecule has 0 aliphatic carbocycles. The van der Waals surface area contributed by atoms with Gasteiger partial charge in [0, 0.05) is 31.7 Å². The summed E-state index contributed by atoms with van der Waals surface area (Å²) in [6, 6.07) is 10.00. The molecule has 2 unspecified atom stereocenters. The van der Waals surface area contributed by atoms with Crippen molar-refractivity contribution in [2.24, 2.45) is 0 Å². The number of rotatable bonds is 7. The molecule has 2 amide bonds. The van der Waals surface area contributed by atoms with E-state index in [2.05, 4.69) is 10.3 Å². The largest absolute Gasteiger partial charge is 0.386 e. The zero-order chi connectivity index (χ0) is 19.9. The Bertz CT molecular complexity index is 797. The molecule has 1 aromatic carbocycles. The molecule has 0 radical (unpaired) electrons. The average Bonchev–Trinajstić information content (AvgIpc) is 2.70. The number of carbonyl (C=O) groups excluding carboxylic acids is 2. The molecule has 28 heavy (non-hydrogen) atoms. The number of methoxy groups -OCH3 is 1. The Morgan fingerprint density at radius 2 is 2.04 bits per heavy atom. The van der Waals surface area contributed by atoms with E-state index in [9.17, 15) is 14.7 Å². The molecule has 2 N–H and O–H groups in total. The number of pyridine rings is 1. The van der Waals surface area contributed by atoms with Gasteiger partial charge in [0.25, 0.3) is 0 Å². The molecule has 0 bridgehead atoms. The molecule has 1 fully saturated rings. The van der Waals surface area contributed by atoms with Crippen molar-refractivity contribution >= 4 is 17.5 Å². The molecule has 1 aliphatic rings. The Morgan fingerprint density at radius 3 is 2.71 bits per heavy atom. The highest BCUT2D eigenvalue weighted by Gasteiger charge is 2.34. The molecule has 3 rings (SSSR count). The van der Waals surface area contributed by atoms with Crippen LogP contribution in [0.5, 0.6) is 0 Å². The SMILES string of the molecule is COCC(=O)Nc1ccc(C(O)C2COCC(=O)N2Cc2ccncc2)cc1. The van der Waals surface area contributed by atoms with Crippen LogP contribution in [0.2, 0.25) is 0 Å². The van der Waals surface area contributed by atoms with Crippen LogP contribution in [0.3, 0.4) is 0 Å². The van der Waals surface area contributed by atoms with E-state index >= 15 is 0 Å². The number of nitrogens with zero attached hydrogens (tertiary/aromatic N) is 2. The predicted octanol–water partition coefficient (Wildman–Crippen LogP) is 1.13. The molecule has 2 aromatic rings. The minimum Gasteiger partial charge on any atom is -0.386 e. The van der Waals surface area contributed by atoms with Gasteiger partial charge in [0.05, 0.1) is 12.6 Å². The Kier molecular flexibility index (Phi) is 6.70. The minimum atomic E-state index is -0.921. The van der Waals surface area contributed by atoms with Crippen LogP contribution in [0.4, 0.5) is 5.69 Å². The second kappa shape index (κ2) is 9.41. The van der Waals surface area contributed by atoms with Crippen LogP contribution in [0, 0.1) is 0 Å². The van der Waals surface area contributed by atoms with Crippen molar-refractivity contribution < 1.29 is 24.2 Å². The van der Waals surface area contributed by atoms with Gasteiger partial charge in [0.15, 0.2) is 0 Å². The molecule has 1 aliphatic heterocycles. The van der Waals surface area contributed by atoms with Gasteiger partial charge in [-0.05, 0) is 35.4 Å². The number of nitrogens with one attached hydrogen (secondary N) is 1. The first-order valence-corrected chi connectivity index (χ1v) is 8.91. The van der Waals surface area contributed by atoms with Gasteiger partial charge in [0.2, 0.25) is 11.8 Å². The lowest BCUT2D eigenvalue weighted by molar-refractivity contribution is -0.155. The van der Waals surface area contributed by atoms with Gasteiger partial charge in [0.1, 0.15) is 19.3 Å². The number of aliphatic hydroxyl groups excluding tert-OH is 1. The van der Waals surface area contributed by atoms with Crippen molar-refractivity contribution in [2.45, 2.75) is 18.7 Å².